The van der Waals surface area contributed by atoms with Gasteiger partial charge in [0, 0.05) is 12.7 Å². The van der Waals surface area contributed by atoms with Crippen molar-refractivity contribution in [2.45, 2.75) is 13.5 Å². The van der Waals surface area contributed by atoms with Gasteiger partial charge in [0.2, 0.25) is 0 Å². The van der Waals surface area contributed by atoms with Crippen molar-refractivity contribution < 1.29 is 5.11 Å². The third kappa shape index (κ3) is 2.20. The fourth-order valence-electron chi connectivity index (χ4n) is 0.809. The summed E-state index contributed by atoms with van der Waals surface area (Å²) in [6.45, 7) is 3.53. The molecule has 0 aliphatic heterocycles. The molecule has 0 radical (unpaired) electrons. The lowest BCUT2D eigenvalue weighted by molar-refractivity contribution is 0.460. The second-order valence-corrected chi connectivity index (χ2v) is 2.25. The summed E-state index contributed by atoms with van der Waals surface area (Å²) >= 11 is 0. The highest BCUT2D eigenvalue weighted by Crippen LogP contribution is 2.11. The topological polar surface area (TPSA) is 45.2 Å². The lowest BCUT2D eigenvalue weighted by Gasteiger charge is -2.01. The monoisotopic (exact) mass is 152 g/mol. The molecule has 1 aromatic rings. The van der Waals surface area contributed by atoms with E-state index in [9.17, 15) is 5.11 Å². The van der Waals surface area contributed by atoms with E-state index in [1.54, 1.807) is 18.3 Å². The highest BCUT2D eigenvalue weighted by atomic mass is 16.3. The van der Waals surface area contributed by atoms with Crippen molar-refractivity contribution in [2.75, 3.05) is 6.54 Å². The molecule has 11 heavy (non-hydrogen) atoms. The van der Waals surface area contributed by atoms with E-state index in [2.05, 4.69) is 10.3 Å². The Morgan fingerprint density at radius 2 is 2.45 bits per heavy atom. The van der Waals surface area contributed by atoms with E-state index in [1.807, 2.05) is 6.92 Å². The van der Waals surface area contributed by atoms with Gasteiger partial charge in [-0.25, -0.2) is 0 Å². The SMILES string of the molecule is CCNCc1ncccc1O. The van der Waals surface area contributed by atoms with E-state index in [-0.39, 0.29) is 5.75 Å². The zero-order valence-corrected chi connectivity index (χ0v) is 6.54. The highest BCUT2D eigenvalue weighted by Gasteiger charge is 1.97. The van der Waals surface area contributed by atoms with Crippen LogP contribution in [0.5, 0.6) is 5.75 Å². The van der Waals surface area contributed by atoms with Crippen molar-refractivity contribution in [1.82, 2.24) is 10.3 Å². The second-order valence-electron chi connectivity index (χ2n) is 2.25. The van der Waals surface area contributed by atoms with Crippen molar-refractivity contribution in [3.63, 3.8) is 0 Å². The summed E-state index contributed by atoms with van der Waals surface area (Å²) in [6.07, 6.45) is 1.67. The fourth-order valence-corrected chi connectivity index (χ4v) is 0.809. The van der Waals surface area contributed by atoms with Crippen LogP contribution in [0.25, 0.3) is 0 Å². The summed E-state index contributed by atoms with van der Waals surface area (Å²) in [5.41, 5.74) is 0.703. The Labute approximate surface area is 66.1 Å². The van der Waals surface area contributed by atoms with Crippen molar-refractivity contribution in [3.05, 3.63) is 24.0 Å². The lowest BCUT2D eigenvalue weighted by atomic mass is 10.3. The number of nitrogens with zero attached hydrogens (tertiary/aromatic N) is 1. The molecular weight excluding hydrogens is 140 g/mol. The average Bonchev–Trinajstić information content (AvgIpc) is 2.03. The Morgan fingerprint density at radius 1 is 1.64 bits per heavy atom. The standard InChI is InChI=1S/C8H12N2O/c1-2-9-6-7-8(11)4-3-5-10-7/h3-5,9,11H,2,6H2,1H3. The Morgan fingerprint density at radius 3 is 3.09 bits per heavy atom. The van der Waals surface area contributed by atoms with E-state index in [1.165, 1.54) is 0 Å². The zero-order valence-electron chi connectivity index (χ0n) is 6.54. The number of rotatable bonds is 3. The quantitative estimate of drug-likeness (QED) is 0.676. The summed E-state index contributed by atoms with van der Waals surface area (Å²) in [4.78, 5) is 4.00. The number of aromatic hydroxyl groups is 1. The normalized spacial score (nSPS) is 9.91. The van der Waals surface area contributed by atoms with Crippen LogP contribution in [0.15, 0.2) is 18.3 Å². The molecule has 0 fully saturated rings. The summed E-state index contributed by atoms with van der Waals surface area (Å²) in [7, 11) is 0. The zero-order chi connectivity index (χ0) is 8.10. The molecule has 2 N–H and O–H groups in total. The molecule has 0 amide bonds. The molecule has 0 spiro atoms. The maximum Gasteiger partial charge on any atom is 0.138 e. The maximum atomic E-state index is 9.23. The summed E-state index contributed by atoms with van der Waals surface area (Å²) in [6, 6.07) is 3.35. The Kier molecular flexibility index (Phi) is 2.86. The van der Waals surface area contributed by atoms with Gasteiger partial charge in [-0.3, -0.25) is 4.98 Å². The predicted octanol–water partition coefficient (Wildman–Crippen LogP) is 0.897. The fraction of sp³-hybridized carbons (Fsp3) is 0.375. The van der Waals surface area contributed by atoms with E-state index < -0.39 is 0 Å². The van der Waals surface area contributed by atoms with Gasteiger partial charge in [0.25, 0.3) is 0 Å². The van der Waals surface area contributed by atoms with E-state index in [0.29, 0.717) is 12.2 Å². The molecule has 60 valence electrons. The molecule has 3 heteroatoms. The van der Waals surface area contributed by atoms with Crippen molar-refractivity contribution in [3.8, 4) is 5.75 Å². The Hall–Kier alpha value is -1.09. The molecule has 0 saturated heterocycles. The van der Waals surface area contributed by atoms with Crippen LogP contribution in [-0.4, -0.2) is 16.6 Å². The largest absolute Gasteiger partial charge is 0.506 e. The van der Waals surface area contributed by atoms with Crippen LogP contribution in [0.2, 0.25) is 0 Å². The van der Waals surface area contributed by atoms with Crippen LogP contribution in [-0.2, 0) is 6.54 Å². The van der Waals surface area contributed by atoms with E-state index >= 15 is 0 Å². The van der Waals surface area contributed by atoms with Crippen LogP contribution >= 0.6 is 0 Å². The molecule has 0 bridgehead atoms. The minimum absolute atomic E-state index is 0.258. The smallest absolute Gasteiger partial charge is 0.138 e. The molecule has 0 aliphatic carbocycles. The number of hydrogen-bond acceptors (Lipinski definition) is 3. The van der Waals surface area contributed by atoms with Crippen LogP contribution in [0, 0.1) is 0 Å². The molecule has 0 unspecified atom stereocenters. The van der Waals surface area contributed by atoms with E-state index in [0.717, 1.165) is 6.54 Å². The van der Waals surface area contributed by atoms with Gasteiger partial charge >= 0.3 is 0 Å². The summed E-state index contributed by atoms with van der Waals surface area (Å²) in [5.74, 6) is 0.258. The minimum Gasteiger partial charge on any atom is -0.506 e. The Bertz CT molecular complexity index is 225. The molecule has 0 aliphatic rings. The van der Waals surface area contributed by atoms with Crippen LogP contribution < -0.4 is 5.32 Å². The highest BCUT2D eigenvalue weighted by molar-refractivity contribution is 5.24. The molecule has 1 heterocycles. The molecule has 0 atom stereocenters. The van der Waals surface area contributed by atoms with Crippen molar-refractivity contribution in [1.29, 1.82) is 0 Å². The number of aromatic nitrogens is 1. The third-order valence-corrected chi connectivity index (χ3v) is 1.41. The number of pyridine rings is 1. The third-order valence-electron chi connectivity index (χ3n) is 1.41. The van der Waals surface area contributed by atoms with Gasteiger partial charge in [-0.2, -0.15) is 0 Å². The number of nitrogens with one attached hydrogen (secondary N) is 1. The van der Waals surface area contributed by atoms with Gasteiger partial charge in [-0.05, 0) is 18.7 Å². The molecule has 1 rings (SSSR count). The van der Waals surface area contributed by atoms with Crippen molar-refractivity contribution >= 4 is 0 Å². The second kappa shape index (κ2) is 3.93. The minimum atomic E-state index is 0.258. The Balaban J connectivity index is 2.62. The predicted molar refractivity (Wildman–Crippen MR) is 43.3 cm³/mol. The number of hydrogen-bond donors (Lipinski definition) is 2. The van der Waals surface area contributed by atoms with Crippen LogP contribution in [0.1, 0.15) is 12.6 Å². The van der Waals surface area contributed by atoms with Crippen molar-refractivity contribution in [2.24, 2.45) is 0 Å². The first-order valence-corrected chi connectivity index (χ1v) is 3.68. The summed E-state index contributed by atoms with van der Waals surface area (Å²) < 4.78 is 0. The van der Waals surface area contributed by atoms with Gasteiger partial charge < -0.3 is 10.4 Å². The van der Waals surface area contributed by atoms with Gasteiger partial charge in [-0.15, -0.1) is 0 Å². The van der Waals surface area contributed by atoms with E-state index in [4.69, 9.17) is 0 Å². The van der Waals surface area contributed by atoms with Gasteiger partial charge in [0.1, 0.15) is 5.75 Å². The molecule has 0 saturated carbocycles. The molecular formula is C8H12N2O. The van der Waals surface area contributed by atoms with Crippen LogP contribution in [0.4, 0.5) is 0 Å². The average molecular weight is 152 g/mol. The molecule has 0 aromatic carbocycles. The van der Waals surface area contributed by atoms with Gasteiger partial charge in [0.15, 0.2) is 0 Å². The van der Waals surface area contributed by atoms with Crippen LogP contribution in [0.3, 0.4) is 0 Å². The van der Waals surface area contributed by atoms with Gasteiger partial charge in [0.05, 0.1) is 5.69 Å². The maximum absolute atomic E-state index is 9.23. The first-order chi connectivity index (χ1) is 5.34. The first kappa shape index (κ1) is 8.01. The molecule has 3 nitrogen and oxygen atoms in total. The lowest BCUT2D eigenvalue weighted by Crippen LogP contribution is -2.12. The first-order valence-electron chi connectivity index (χ1n) is 3.68. The van der Waals surface area contributed by atoms with Gasteiger partial charge in [-0.1, -0.05) is 6.92 Å². The molecule has 1 aromatic heterocycles. The summed E-state index contributed by atoms with van der Waals surface area (Å²) in [5, 5.41) is 12.3.